The molecule has 0 spiro atoms. The summed E-state index contributed by atoms with van der Waals surface area (Å²) in [4.78, 5) is 24.5. The van der Waals surface area contributed by atoms with Crippen LogP contribution in [-0.2, 0) is 14.3 Å². The van der Waals surface area contributed by atoms with Gasteiger partial charge >= 0.3 is 5.97 Å². The molecule has 0 heterocycles. The summed E-state index contributed by atoms with van der Waals surface area (Å²) in [7, 11) is 0. The number of unbranched alkanes of at least 4 members (excludes halogenated alkanes) is 38. The lowest BCUT2D eigenvalue weighted by Crippen LogP contribution is -2.45. The molecule has 1 amide bonds. The Balaban J connectivity index is 3.55. The van der Waals surface area contributed by atoms with E-state index in [0.717, 1.165) is 96.3 Å². The van der Waals surface area contributed by atoms with Gasteiger partial charge in [-0.3, -0.25) is 9.59 Å². The van der Waals surface area contributed by atoms with Crippen LogP contribution in [0, 0.1) is 0 Å². The molecule has 0 aliphatic carbocycles. The molecule has 0 rings (SSSR count). The van der Waals surface area contributed by atoms with Crippen LogP contribution < -0.4 is 5.32 Å². The number of carbonyl (C=O) groups is 2. The molecule has 0 aliphatic rings. The third-order valence-corrected chi connectivity index (χ3v) is 13.6. The fourth-order valence-electron chi connectivity index (χ4n) is 8.95. The van der Waals surface area contributed by atoms with Crippen LogP contribution in [0.3, 0.4) is 0 Å². The average molecular weight is 955 g/mol. The van der Waals surface area contributed by atoms with Gasteiger partial charge in [-0.25, -0.2) is 0 Å². The van der Waals surface area contributed by atoms with Crippen molar-refractivity contribution in [1.82, 2.24) is 5.32 Å². The summed E-state index contributed by atoms with van der Waals surface area (Å²) >= 11 is 0. The third kappa shape index (κ3) is 53.2. The van der Waals surface area contributed by atoms with Gasteiger partial charge in [-0.2, -0.15) is 0 Å². The van der Waals surface area contributed by atoms with Gasteiger partial charge in [0.25, 0.3) is 0 Å². The number of hydrogen-bond acceptors (Lipinski definition) is 5. The predicted molar refractivity (Wildman–Crippen MR) is 296 cm³/mol. The van der Waals surface area contributed by atoms with Gasteiger partial charge in [0.2, 0.25) is 5.91 Å². The summed E-state index contributed by atoms with van der Waals surface area (Å²) in [5.41, 5.74) is 0. The number of hydrogen-bond donors (Lipinski definition) is 3. The van der Waals surface area contributed by atoms with E-state index >= 15 is 0 Å². The Morgan fingerprint density at radius 3 is 1.15 bits per heavy atom. The van der Waals surface area contributed by atoms with Crippen molar-refractivity contribution in [2.45, 2.75) is 321 Å². The van der Waals surface area contributed by atoms with Crippen molar-refractivity contribution in [3.8, 4) is 0 Å². The first-order valence-electron chi connectivity index (χ1n) is 29.9. The number of aliphatic hydroxyl groups excluding tert-OH is 2. The molecular formula is C62H115NO5. The molecule has 0 aromatic carbocycles. The zero-order valence-corrected chi connectivity index (χ0v) is 45.3. The molecule has 0 aromatic rings. The smallest absolute Gasteiger partial charge is 0.305 e. The second kappa shape index (κ2) is 57.4. The maximum absolute atomic E-state index is 12.5. The van der Waals surface area contributed by atoms with Crippen LogP contribution in [0.2, 0.25) is 0 Å². The van der Waals surface area contributed by atoms with Crippen molar-refractivity contribution in [2.75, 3.05) is 13.2 Å². The Labute approximate surface area is 423 Å². The first kappa shape index (κ1) is 65.8. The topological polar surface area (TPSA) is 95.9 Å². The molecule has 0 aliphatic heterocycles. The highest BCUT2D eigenvalue weighted by Gasteiger charge is 2.18. The van der Waals surface area contributed by atoms with Crippen LogP contribution in [-0.4, -0.2) is 47.4 Å². The summed E-state index contributed by atoms with van der Waals surface area (Å²) in [6.45, 7) is 4.81. The van der Waals surface area contributed by atoms with E-state index < -0.39 is 12.1 Å². The average Bonchev–Trinajstić information content (AvgIpc) is 3.34. The molecule has 68 heavy (non-hydrogen) atoms. The van der Waals surface area contributed by atoms with Crippen molar-refractivity contribution in [3.05, 3.63) is 48.6 Å². The lowest BCUT2D eigenvalue weighted by Gasteiger charge is -2.20. The van der Waals surface area contributed by atoms with E-state index in [0.29, 0.717) is 19.4 Å². The number of ether oxygens (including phenoxy) is 1. The normalized spacial score (nSPS) is 12.9. The minimum Gasteiger partial charge on any atom is -0.466 e. The summed E-state index contributed by atoms with van der Waals surface area (Å²) in [6.07, 6.45) is 72.8. The standard InChI is InChI=1S/C62H115NO5/c1-3-5-7-9-11-13-15-17-19-21-22-23-24-25-26-27-28-29-31-34-38-42-46-50-54-60(65)59(58-64)63-61(66)55-51-47-43-39-35-33-37-41-45-49-53-57-68-62(67)56-52-48-44-40-36-32-30-20-18-16-14-12-10-8-6-4-2/h14,16,20,30,37,41,50,54,59-60,64-65H,3-13,15,17-19,21-29,31-36,38-40,42-49,51-53,55-58H2,1-2H3,(H,63,66)/b16-14-,30-20-,41-37-,54-50+. The van der Waals surface area contributed by atoms with E-state index in [2.05, 4.69) is 55.6 Å². The first-order chi connectivity index (χ1) is 33.5. The van der Waals surface area contributed by atoms with E-state index in [1.807, 2.05) is 6.08 Å². The Morgan fingerprint density at radius 1 is 0.412 bits per heavy atom. The second-order valence-electron chi connectivity index (χ2n) is 20.3. The quantitative estimate of drug-likeness (QED) is 0.0321. The molecule has 0 saturated heterocycles. The maximum Gasteiger partial charge on any atom is 0.305 e. The van der Waals surface area contributed by atoms with Crippen molar-refractivity contribution in [2.24, 2.45) is 0 Å². The molecule has 6 heteroatoms. The number of rotatable bonds is 55. The summed E-state index contributed by atoms with van der Waals surface area (Å²) < 4.78 is 5.44. The van der Waals surface area contributed by atoms with Gasteiger partial charge < -0.3 is 20.3 Å². The van der Waals surface area contributed by atoms with Gasteiger partial charge in [-0.15, -0.1) is 0 Å². The van der Waals surface area contributed by atoms with Gasteiger partial charge in [-0.1, -0.05) is 255 Å². The lowest BCUT2D eigenvalue weighted by molar-refractivity contribution is -0.143. The molecule has 2 unspecified atom stereocenters. The number of carbonyl (C=O) groups excluding carboxylic acids is 2. The van der Waals surface area contributed by atoms with Gasteiger partial charge in [0.15, 0.2) is 0 Å². The van der Waals surface area contributed by atoms with Crippen molar-refractivity contribution >= 4 is 11.9 Å². The first-order valence-corrected chi connectivity index (χ1v) is 29.9. The molecular weight excluding hydrogens is 839 g/mol. The van der Waals surface area contributed by atoms with Crippen LogP contribution in [0.5, 0.6) is 0 Å². The number of allylic oxidation sites excluding steroid dienone is 7. The minimum atomic E-state index is -0.866. The van der Waals surface area contributed by atoms with E-state index in [-0.39, 0.29) is 18.5 Å². The Kier molecular flexibility index (Phi) is 55.6. The number of nitrogens with one attached hydrogen (secondary N) is 1. The van der Waals surface area contributed by atoms with E-state index in [9.17, 15) is 19.8 Å². The van der Waals surface area contributed by atoms with Crippen molar-refractivity contribution in [3.63, 3.8) is 0 Å². The number of aliphatic hydroxyl groups is 2. The van der Waals surface area contributed by atoms with Crippen LogP contribution in [0.4, 0.5) is 0 Å². The third-order valence-electron chi connectivity index (χ3n) is 13.6. The number of amides is 1. The number of esters is 1. The largest absolute Gasteiger partial charge is 0.466 e. The van der Waals surface area contributed by atoms with Crippen LogP contribution in [0.1, 0.15) is 309 Å². The van der Waals surface area contributed by atoms with E-state index in [1.54, 1.807) is 6.08 Å². The highest BCUT2D eigenvalue weighted by molar-refractivity contribution is 5.76. The molecule has 6 nitrogen and oxygen atoms in total. The SMILES string of the molecule is CCCCCC/C=C\C/C=C\CCCCCCCC(=O)OCCCC/C=C\CCCCCCCC(=O)NC(CO)C(O)/C=C/CCCCCCCCCCCCCCCCCCCCCCCC. The zero-order chi connectivity index (χ0) is 49.3. The maximum atomic E-state index is 12.5. The van der Waals surface area contributed by atoms with Crippen molar-refractivity contribution in [1.29, 1.82) is 0 Å². The second-order valence-corrected chi connectivity index (χ2v) is 20.3. The monoisotopic (exact) mass is 954 g/mol. The van der Waals surface area contributed by atoms with Crippen LogP contribution in [0.25, 0.3) is 0 Å². The molecule has 3 N–H and O–H groups in total. The Hall–Kier alpha value is -2.18. The predicted octanol–water partition coefficient (Wildman–Crippen LogP) is 18.6. The van der Waals surface area contributed by atoms with E-state index in [1.165, 1.54) is 186 Å². The summed E-state index contributed by atoms with van der Waals surface area (Å²) in [5.74, 6) is -0.143. The Bertz CT molecular complexity index is 1150. The van der Waals surface area contributed by atoms with Gasteiger partial charge in [0.1, 0.15) is 0 Å². The molecule has 398 valence electrons. The molecule has 0 aromatic heterocycles. The summed E-state index contributed by atoms with van der Waals surface area (Å²) in [5, 5.41) is 23.2. The van der Waals surface area contributed by atoms with Crippen molar-refractivity contribution < 1.29 is 24.5 Å². The lowest BCUT2D eigenvalue weighted by atomic mass is 10.0. The highest BCUT2D eigenvalue weighted by Crippen LogP contribution is 2.17. The zero-order valence-electron chi connectivity index (χ0n) is 45.3. The summed E-state index contributed by atoms with van der Waals surface area (Å²) in [6, 6.07) is -0.652. The fourth-order valence-corrected chi connectivity index (χ4v) is 8.95. The van der Waals surface area contributed by atoms with Crippen LogP contribution in [0.15, 0.2) is 48.6 Å². The van der Waals surface area contributed by atoms with Crippen LogP contribution >= 0.6 is 0 Å². The molecule has 0 bridgehead atoms. The van der Waals surface area contributed by atoms with Gasteiger partial charge in [0, 0.05) is 12.8 Å². The fraction of sp³-hybridized carbons (Fsp3) is 0.839. The molecule has 0 fully saturated rings. The highest BCUT2D eigenvalue weighted by atomic mass is 16.5. The van der Waals surface area contributed by atoms with E-state index in [4.69, 9.17) is 4.74 Å². The Morgan fingerprint density at radius 2 is 0.735 bits per heavy atom. The van der Waals surface area contributed by atoms with Gasteiger partial charge in [-0.05, 0) is 89.9 Å². The molecule has 0 radical (unpaired) electrons. The molecule has 0 saturated carbocycles. The van der Waals surface area contributed by atoms with Gasteiger partial charge in [0.05, 0.1) is 25.4 Å². The molecule has 2 atom stereocenters. The minimum absolute atomic E-state index is 0.0463.